The summed E-state index contributed by atoms with van der Waals surface area (Å²) >= 11 is 3.34. The number of benzene rings is 1. The average Bonchev–Trinajstić information content (AvgIpc) is 2.48. The summed E-state index contributed by atoms with van der Waals surface area (Å²) in [4.78, 5) is 4.26. The number of hydrogen-bond donors (Lipinski definition) is 1. The lowest BCUT2D eigenvalue weighted by molar-refractivity contribution is 0.294. The van der Waals surface area contributed by atoms with E-state index in [9.17, 15) is 4.39 Å². The lowest BCUT2D eigenvalue weighted by atomic mass is 10.1. The molecule has 2 rings (SSSR count). The highest BCUT2D eigenvalue weighted by Crippen LogP contribution is 2.26. The fourth-order valence-electron chi connectivity index (χ4n) is 2.05. The fraction of sp³-hybridized carbons (Fsp3) is 0.312. The summed E-state index contributed by atoms with van der Waals surface area (Å²) in [6.07, 6.45) is 1.73. The van der Waals surface area contributed by atoms with Crippen molar-refractivity contribution in [1.29, 1.82) is 0 Å². The molecular weight excluding hydrogens is 335 g/mol. The predicted octanol–water partition coefficient (Wildman–Crippen LogP) is 4.23. The van der Waals surface area contributed by atoms with Crippen molar-refractivity contribution in [2.24, 2.45) is 0 Å². The number of halogens is 2. The minimum Gasteiger partial charge on any atom is -0.487 e. The molecule has 1 N–H and O–H groups in total. The molecular formula is C16H18BrFN2O. The Bertz CT molecular complexity index is 589. The summed E-state index contributed by atoms with van der Waals surface area (Å²) in [5.41, 5.74) is 1.64. The molecule has 0 fully saturated rings. The molecule has 2 aromatic rings. The van der Waals surface area contributed by atoms with Crippen LogP contribution in [0.1, 0.15) is 31.1 Å². The van der Waals surface area contributed by atoms with Gasteiger partial charge in [0.15, 0.2) is 0 Å². The highest BCUT2D eigenvalue weighted by Gasteiger charge is 2.12. The van der Waals surface area contributed by atoms with Gasteiger partial charge in [-0.15, -0.1) is 0 Å². The molecule has 5 heteroatoms. The van der Waals surface area contributed by atoms with E-state index in [1.807, 2.05) is 26.0 Å². The Labute approximate surface area is 132 Å². The van der Waals surface area contributed by atoms with Crippen LogP contribution in [0.25, 0.3) is 0 Å². The van der Waals surface area contributed by atoms with Gasteiger partial charge in [-0.1, -0.05) is 6.92 Å². The SMILES string of the molecule is CCNC(C)c1cc(F)ccc1OCc1ccc(Br)cn1. The summed E-state index contributed by atoms with van der Waals surface area (Å²) in [7, 11) is 0. The molecule has 0 aliphatic rings. The van der Waals surface area contributed by atoms with Gasteiger partial charge in [0.2, 0.25) is 0 Å². The lowest BCUT2D eigenvalue weighted by Gasteiger charge is -2.17. The van der Waals surface area contributed by atoms with E-state index in [1.54, 1.807) is 12.3 Å². The molecule has 112 valence electrons. The van der Waals surface area contributed by atoms with E-state index in [4.69, 9.17) is 4.74 Å². The van der Waals surface area contributed by atoms with Gasteiger partial charge in [-0.2, -0.15) is 0 Å². The van der Waals surface area contributed by atoms with Crippen molar-refractivity contribution in [2.75, 3.05) is 6.54 Å². The number of pyridine rings is 1. The molecule has 0 saturated heterocycles. The first-order chi connectivity index (χ1) is 10.1. The first kappa shape index (κ1) is 15.9. The Balaban J connectivity index is 2.13. The molecule has 1 aromatic heterocycles. The summed E-state index contributed by atoms with van der Waals surface area (Å²) in [6, 6.07) is 8.42. The zero-order valence-corrected chi connectivity index (χ0v) is 13.7. The zero-order chi connectivity index (χ0) is 15.2. The Morgan fingerprint density at radius 1 is 1.33 bits per heavy atom. The third kappa shape index (κ3) is 4.51. The Morgan fingerprint density at radius 2 is 2.14 bits per heavy atom. The van der Waals surface area contributed by atoms with Crippen LogP contribution in [0.3, 0.4) is 0 Å². The van der Waals surface area contributed by atoms with E-state index in [0.29, 0.717) is 12.4 Å². The Morgan fingerprint density at radius 3 is 2.81 bits per heavy atom. The summed E-state index contributed by atoms with van der Waals surface area (Å²) < 4.78 is 20.2. The minimum absolute atomic E-state index is 0.0265. The van der Waals surface area contributed by atoms with Crippen LogP contribution in [0.2, 0.25) is 0 Å². The second-order valence-corrected chi connectivity index (χ2v) is 5.63. The number of hydrogen-bond acceptors (Lipinski definition) is 3. The van der Waals surface area contributed by atoms with Crippen LogP contribution < -0.4 is 10.1 Å². The molecule has 0 saturated carbocycles. The predicted molar refractivity (Wildman–Crippen MR) is 84.8 cm³/mol. The van der Waals surface area contributed by atoms with Crippen LogP contribution >= 0.6 is 15.9 Å². The van der Waals surface area contributed by atoms with Crippen LogP contribution in [-0.2, 0) is 6.61 Å². The highest BCUT2D eigenvalue weighted by molar-refractivity contribution is 9.10. The molecule has 1 unspecified atom stereocenters. The molecule has 1 aromatic carbocycles. The number of aromatic nitrogens is 1. The molecule has 21 heavy (non-hydrogen) atoms. The standard InChI is InChI=1S/C16H18BrFN2O/c1-3-19-11(2)15-8-13(18)5-7-16(15)21-10-14-6-4-12(17)9-20-14/h4-9,11,19H,3,10H2,1-2H3. The van der Waals surface area contributed by atoms with Crippen LogP contribution in [-0.4, -0.2) is 11.5 Å². The van der Waals surface area contributed by atoms with Crippen LogP contribution in [0.5, 0.6) is 5.75 Å². The first-order valence-electron chi connectivity index (χ1n) is 6.86. The third-order valence-corrected chi connectivity index (χ3v) is 3.58. The molecule has 0 bridgehead atoms. The zero-order valence-electron chi connectivity index (χ0n) is 12.1. The van der Waals surface area contributed by atoms with Gasteiger partial charge in [0.25, 0.3) is 0 Å². The molecule has 0 amide bonds. The van der Waals surface area contributed by atoms with Crippen LogP contribution in [0, 0.1) is 5.82 Å². The smallest absolute Gasteiger partial charge is 0.130 e. The van der Waals surface area contributed by atoms with E-state index in [-0.39, 0.29) is 11.9 Å². The lowest BCUT2D eigenvalue weighted by Crippen LogP contribution is -2.18. The second-order valence-electron chi connectivity index (χ2n) is 4.72. The van der Waals surface area contributed by atoms with E-state index < -0.39 is 0 Å². The summed E-state index contributed by atoms with van der Waals surface area (Å²) in [6.45, 7) is 5.17. The van der Waals surface area contributed by atoms with Gasteiger partial charge in [0.1, 0.15) is 18.2 Å². The van der Waals surface area contributed by atoms with E-state index in [0.717, 1.165) is 22.3 Å². The first-order valence-corrected chi connectivity index (χ1v) is 7.65. The number of rotatable bonds is 6. The summed E-state index contributed by atoms with van der Waals surface area (Å²) in [5.74, 6) is 0.415. The maximum Gasteiger partial charge on any atom is 0.130 e. The van der Waals surface area contributed by atoms with Crippen molar-refractivity contribution in [3.05, 3.63) is 58.1 Å². The molecule has 0 spiro atoms. The minimum atomic E-state index is -0.260. The highest BCUT2D eigenvalue weighted by atomic mass is 79.9. The maximum absolute atomic E-state index is 13.5. The van der Waals surface area contributed by atoms with Gasteiger partial charge >= 0.3 is 0 Å². The number of nitrogens with one attached hydrogen (secondary N) is 1. The van der Waals surface area contributed by atoms with Gasteiger partial charge < -0.3 is 10.1 Å². The van der Waals surface area contributed by atoms with Crippen molar-refractivity contribution >= 4 is 15.9 Å². The molecule has 1 atom stereocenters. The van der Waals surface area contributed by atoms with Gasteiger partial charge in [0, 0.05) is 22.3 Å². The monoisotopic (exact) mass is 352 g/mol. The average molecular weight is 353 g/mol. The second kappa shape index (κ2) is 7.52. The van der Waals surface area contributed by atoms with Crippen molar-refractivity contribution in [2.45, 2.75) is 26.5 Å². The molecule has 1 heterocycles. The molecule has 0 aliphatic carbocycles. The fourth-order valence-corrected chi connectivity index (χ4v) is 2.28. The van der Waals surface area contributed by atoms with Gasteiger partial charge in [-0.3, -0.25) is 4.98 Å². The van der Waals surface area contributed by atoms with Crippen molar-refractivity contribution < 1.29 is 9.13 Å². The largest absolute Gasteiger partial charge is 0.487 e. The molecule has 3 nitrogen and oxygen atoms in total. The van der Waals surface area contributed by atoms with E-state index in [1.165, 1.54) is 12.1 Å². The molecule has 0 radical (unpaired) electrons. The van der Waals surface area contributed by atoms with Gasteiger partial charge in [0.05, 0.1) is 5.69 Å². The third-order valence-electron chi connectivity index (χ3n) is 3.11. The molecule has 0 aliphatic heterocycles. The van der Waals surface area contributed by atoms with Crippen molar-refractivity contribution in [3.8, 4) is 5.75 Å². The quantitative estimate of drug-likeness (QED) is 0.844. The van der Waals surface area contributed by atoms with E-state index in [2.05, 4.69) is 26.2 Å². The summed E-state index contributed by atoms with van der Waals surface area (Å²) in [5, 5.41) is 3.27. The van der Waals surface area contributed by atoms with Crippen molar-refractivity contribution in [1.82, 2.24) is 10.3 Å². The maximum atomic E-state index is 13.5. The Kier molecular flexibility index (Phi) is 5.70. The van der Waals surface area contributed by atoms with E-state index >= 15 is 0 Å². The normalized spacial score (nSPS) is 12.2. The number of ether oxygens (including phenoxy) is 1. The Hall–Kier alpha value is -1.46. The van der Waals surface area contributed by atoms with Crippen molar-refractivity contribution in [3.63, 3.8) is 0 Å². The topological polar surface area (TPSA) is 34.1 Å². The van der Waals surface area contributed by atoms with Gasteiger partial charge in [-0.05, 0) is 59.7 Å². The van der Waals surface area contributed by atoms with Crippen LogP contribution in [0.4, 0.5) is 4.39 Å². The van der Waals surface area contributed by atoms with Crippen LogP contribution in [0.15, 0.2) is 41.0 Å². The van der Waals surface area contributed by atoms with Gasteiger partial charge in [-0.25, -0.2) is 4.39 Å². The number of nitrogens with zero attached hydrogens (tertiary/aromatic N) is 1.